The van der Waals surface area contributed by atoms with Crippen LogP contribution >= 0.6 is 35.3 Å². The van der Waals surface area contributed by atoms with Gasteiger partial charge in [-0.1, -0.05) is 11.6 Å². The second-order valence-corrected chi connectivity index (χ2v) is 3.46. The molecule has 5 heteroatoms. The van der Waals surface area contributed by atoms with Crippen molar-refractivity contribution in [3.63, 3.8) is 0 Å². The van der Waals surface area contributed by atoms with Crippen LogP contribution in [-0.4, -0.2) is 0 Å². The minimum atomic E-state index is -0.229. The predicted molar refractivity (Wildman–Crippen MR) is 53.7 cm³/mol. The molecule has 0 aliphatic rings. The first-order valence-electron chi connectivity index (χ1n) is 3.11. The fraction of sp³-hybridized carbons (Fsp3) is 0.286. The van der Waals surface area contributed by atoms with Crippen LogP contribution < -0.4 is 5.73 Å². The van der Waals surface area contributed by atoms with Crippen molar-refractivity contribution < 1.29 is 0 Å². The maximum absolute atomic E-state index is 8.36. The molecule has 1 aromatic rings. The van der Waals surface area contributed by atoms with Crippen LogP contribution in [0, 0.1) is 11.3 Å². The Morgan fingerprint density at radius 1 is 1.75 bits per heavy atom. The molecule has 0 aliphatic carbocycles. The summed E-state index contributed by atoms with van der Waals surface area (Å²) in [4.78, 5) is 0.896. The summed E-state index contributed by atoms with van der Waals surface area (Å²) in [6.45, 7) is 0. The lowest BCUT2D eigenvalue weighted by Gasteiger charge is -2.03. The van der Waals surface area contributed by atoms with E-state index in [0.717, 1.165) is 4.88 Å². The number of nitrogens with zero attached hydrogens (tertiary/aromatic N) is 1. The molecule has 1 rings (SSSR count). The van der Waals surface area contributed by atoms with E-state index in [2.05, 4.69) is 0 Å². The summed E-state index contributed by atoms with van der Waals surface area (Å²) >= 11 is 7.28. The minimum Gasteiger partial charge on any atom is -0.322 e. The van der Waals surface area contributed by atoms with Crippen LogP contribution in [0.15, 0.2) is 11.4 Å². The van der Waals surface area contributed by atoms with Crippen molar-refractivity contribution in [3.8, 4) is 6.07 Å². The lowest BCUT2D eigenvalue weighted by Crippen LogP contribution is -2.07. The van der Waals surface area contributed by atoms with Crippen LogP contribution in [0.3, 0.4) is 0 Å². The van der Waals surface area contributed by atoms with Crippen molar-refractivity contribution in [2.24, 2.45) is 5.73 Å². The molecular weight excluding hydrogens is 215 g/mol. The summed E-state index contributed by atoms with van der Waals surface area (Å²) in [5.41, 5.74) is 5.65. The highest BCUT2D eigenvalue weighted by Crippen LogP contribution is 2.28. The zero-order valence-corrected chi connectivity index (χ0v) is 8.55. The van der Waals surface area contributed by atoms with Crippen molar-refractivity contribution in [1.82, 2.24) is 0 Å². The van der Waals surface area contributed by atoms with Crippen molar-refractivity contribution >= 4 is 35.3 Å². The molecule has 2 nitrogen and oxygen atoms in total. The lowest BCUT2D eigenvalue weighted by atomic mass is 10.2. The Balaban J connectivity index is 0.00000121. The van der Waals surface area contributed by atoms with E-state index in [4.69, 9.17) is 22.6 Å². The van der Waals surface area contributed by atoms with Crippen molar-refractivity contribution in [2.75, 3.05) is 0 Å². The molecule has 0 unspecified atom stereocenters. The Kier molecular flexibility index (Phi) is 5.27. The molecule has 2 N–H and O–H groups in total. The van der Waals surface area contributed by atoms with Gasteiger partial charge in [0.1, 0.15) is 0 Å². The molecule has 0 fully saturated rings. The van der Waals surface area contributed by atoms with E-state index in [1.807, 2.05) is 11.4 Å². The molecule has 0 aromatic carbocycles. The average Bonchev–Trinajstić information content (AvgIpc) is 2.36. The molecule has 0 spiro atoms. The first-order chi connectivity index (χ1) is 5.25. The molecular formula is C7H8Cl2N2S. The van der Waals surface area contributed by atoms with E-state index in [1.165, 1.54) is 11.3 Å². The van der Waals surface area contributed by atoms with Gasteiger partial charge in [-0.3, -0.25) is 0 Å². The smallest absolute Gasteiger partial charge is 0.0642 e. The molecule has 1 atom stereocenters. The number of halogens is 2. The fourth-order valence-electron chi connectivity index (χ4n) is 0.761. The van der Waals surface area contributed by atoms with Gasteiger partial charge in [0.25, 0.3) is 0 Å². The minimum absolute atomic E-state index is 0. The van der Waals surface area contributed by atoms with Crippen LogP contribution in [0.2, 0.25) is 5.02 Å². The van der Waals surface area contributed by atoms with Gasteiger partial charge in [0.2, 0.25) is 0 Å². The van der Waals surface area contributed by atoms with Gasteiger partial charge in [0.15, 0.2) is 0 Å². The monoisotopic (exact) mass is 222 g/mol. The van der Waals surface area contributed by atoms with Gasteiger partial charge in [0.05, 0.1) is 23.6 Å². The van der Waals surface area contributed by atoms with Gasteiger partial charge in [-0.05, 0) is 11.4 Å². The van der Waals surface area contributed by atoms with Crippen molar-refractivity contribution in [2.45, 2.75) is 12.5 Å². The summed E-state index contributed by atoms with van der Waals surface area (Å²) in [6.07, 6.45) is 0.320. The number of thiophene rings is 1. The zero-order chi connectivity index (χ0) is 8.27. The van der Waals surface area contributed by atoms with E-state index in [-0.39, 0.29) is 18.4 Å². The molecule has 1 aromatic heterocycles. The summed E-state index contributed by atoms with van der Waals surface area (Å²) < 4.78 is 0. The van der Waals surface area contributed by atoms with E-state index >= 15 is 0 Å². The molecule has 66 valence electrons. The maximum atomic E-state index is 8.36. The second-order valence-electron chi connectivity index (χ2n) is 2.10. The first kappa shape index (κ1) is 11.7. The molecule has 0 saturated carbocycles. The second kappa shape index (κ2) is 5.39. The van der Waals surface area contributed by atoms with Crippen LogP contribution in [-0.2, 0) is 0 Å². The highest BCUT2D eigenvalue weighted by molar-refractivity contribution is 7.10. The molecule has 0 saturated heterocycles. The Morgan fingerprint density at radius 2 is 2.42 bits per heavy atom. The summed E-state index contributed by atoms with van der Waals surface area (Å²) in [7, 11) is 0. The van der Waals surface area contributed by atoms with Gasteiger partial charge in [-0.15, -0.1) is 23.7 Å². The average molecular weight is 223 g/mol. The number of rotatable bonds is 2. The van der Waals surface area contributed by atoms with Gasteiger partial charge in [0, 0.05) is 4.88 Å². The third kappa shape index (κ3) is 2.65. The highest BCUT2D eigenvalue weighted by Gasteiger charge is 2.10. The van der Waals surface area contributed by atoms with Gasteiger partial charge < -0.3 is 5.73 Å². The van der Waals surface area contributed by atoms with Gasteiger partial charge >= 0.3 is 0 Å². The molecule has 0 radical (unpaired) electrons. The first-order valence-corrected chi connectivity index (χ1v) is 4.37. The van der Waals surface area contributed by atoms with Crippen LogP contribution in [0.4, 0.5) is 0 Å². The SMILES string of the molecule is Cl.N#CC[C@H](N)c1sccc1Cl. The van der Waals surface area contributed by atoms with E-state index in [0.29, 0.717) is 11.4 Å². The van der Waals surface area contributed by atoms with Crippen molar-refractivity contribution in [1.29, 1.82) is 5.26 Å². The normalized spacial score (nSPS) is 11.4. The van der Waals surface area contributed by atoms with Crippen LogP contribution in [0.5, 0.6) is 0 Å². The summed E-state index contributed by atoms with van der Waals surface area (Å²) in [6, 6.07) is 3.57. The van der Waals surface area contributed by atoms with Crippen molar-refractivity contribution in [3.05, 3.63) is 21.3 Å². The quantitative estimate of drug-likeness (QED) is 0.837. The van der Waals surface area contributed by atoms with Crippen LogP contribution in [0.1, 0.15) is 17.3 Å². The maximum Gasteiger partial charge on any atom is 0.0642 e. The van der Waals surface area contributed by atoms with E-state index < -0.39 is 0 Å². The fourth-order valence-corrected chi connectivity index (χ4v) is 1.96. The van der Waals surface area contributed by atoms with E-state index in [9.17, 15) is 0 Å². The standard InChI is InChI=1S/C7H7ClN2S.ClH/c8-5-2-4-11-7(5)6(10)1-3-9;/h2,4,6H,1,10H2;1H/t6-;/m0./s1. The number of hydrogen-bond donors (Lipinski definition) is 1. The third-order valence-corrected chi connectivity index (χ3v) is 2.78. The molecule has 1 heterocycles. The predicted octanol–water partition coefficient (Wildman–Crippen LogP) is 2.74. The van der Waals surface area contributed by atoms with Crippen LogP contribution in [0.25, 0.3) is 0 Å². The molecule has 0 bridgehead atoms. The molecule has 0 amide bonds. The van der Waals surface area contributed by atoms with Gasteiger partial charge in [-0.25, -0.2) is 0 Å². The third-order valence-electron chi connectivity index (χ3n) is 1.29. The Bertz CT molecular complexity index is 279. The Labute approximate surface area is 86.4 Å². The van der Waals surface area contributed by atoms with Gasteiger partial charge in [-0.2, -0.15) is 5.26 Å². The number of nitrogens with two attached hydrogens (primary N) is 1. The Hall–Kier alpha value is -0.270. The Morgan fingerprint density at radius 3 is 2.83 bits per heavy atom. The molecule has 12 heavy (non-hydrogen) atoms. The summed E-state index contributed by atoms with van der Waals surface area (Å²) in [5, 5.41) is 10.9. The highest BCUT2D eigenvalue weighted by atomic mass is 35.5. The topological polar surface area (TPSA) is 49.8 Å². The number of hydrogen-bond acceptors (Lipinski definition) is 3. The molecule has 0 aliphatic heterocycles. The largest absolute Gasteiger partial charge is 0.322 e. The number of nitriles is 1. The summed E-state index contributed by atoms with van der Waals surface area (Å²) in [5.74, 6) is 0. The van der Waals surface area contributed by atoms with E-state index in [1.54, 1.807) is 6.07 Å². The lowest BCUT2D eigenvalue weighted by molar-refractivity contribution is 0.765. The zero-order valence-electron chi connectivity index (χ0n) is 6.16.